The highest BCUT2D eigenvalue weighted by Crippen LogP contribution is 2.22. The minimum Gasteiger partial charge on any atom is -0.452 e. The molecule has 1 fully saturated rings. The second kappa shape index (κ2) is 8.81. The van der Waals surface area contributed by atoms with Gasteiger partial charge in [-0.1, -0.05) is 4.47 Å². The first kappa shape index (κ1) is 21.3. The van der Waals surface area contributed by atoms with Crippen LogP contribution in [0.3, 0.4) is 0 Å². The van der Waals surface area contributed by atoms with E-state index in [0.29, 0.717) is 0 Å². The first-order valence-corrected chi connectivity index (χ1v) is 10.2. The van der Waals surface area contributed by atoms with Crippen LogP contribution >= 0.6 is 0 Å². The van der Waals surface area contributed by atoms with Gasteiger partial charge in [-0.25, -0.2) is 13.2 Å². The highest BCUT2D eigenvalue weighted by molar-refractivity contribution is 7.89. The van der Waals surface area contributed by atoms with Crippen LogP contribution in [0.15, 0.2) is 29.2 Å². The number of hydroxylamine groups is 1. The van der Waals surface area contributed by atoms with Crippen molar-refractivity contribution in [2.75, 3.05) is 20.8 Å². The second-order valence-corrected chi connectivity index (χ2v) is 8.56. The molecule has 1 aromatic carbocycles. The van der Waals surface area contributed by atoms with Gasteiger partial charge in [0.2, 0.25) is 0 Å². The van der Waals surface area contributed by atoms with Crippen molar-refractivity contribution < 1.29 is 27.6 Å². The maximum Gasteiger partial charge on any atom is 0.338 e. The number of likely N-dealkylation sites (tertiary alicyclic amines) is 1. The number of piperidine rings is 1. The van der Waals surface area contributed by atoms with Gasteiger partial charge in [-0.15, -0.1) is 0 Å². The fourth-order valence-corrected chi connectivity index (χ4v) is 4.18. The summed E-state index contributed by atoms with van der Waals surface area (Å²) in [5.41, 5.74) is 0.168. The van der Waals surface area contributed by atoms with Crippen LogP contribution in [0, 0.1) is 0 Å². The van der Waals surface area contributed by atoms with E-state index in [1.54, 1.807) is 4.90 Å². The number of sulfonamides is 1. The third-order valence-corrected chi connectivity index (χ3v) is 6.49. The molecule has 1 aromatic rings. The summed E-state index contributed by atoms with van der Waals surface area (Å²) < 4.78 is 30.1. The van der Waals surface area contributed by atoms with Crippen LogP contribution in [-0.4, -0.2) is 62.5 Å². The van der Waals surface area contributed by atoms with Gasteiger partial charge in [0.25, 0.3) is 15.9 Å². The zero-order valence-corrected chi connectivity index (χ0v) is 16.9. The standard InChI is InChI=1S/C18H26N2O6S/c1-13-6-5-7-14(2)20(13)17(21)12-26-18(22)15-8-10-16(11-9-15)27(23,24)19(3)25-4/h8-11,13-14H,5-7,12H2,1-4H3/t13-,14-/m0/s1. The van der Waals surface area contributed by atoms with E-state index in [0.717, 1.165) is 23.7 Å². The van der Waals surface area contributed by atoms with Crippen molar-refractivity contribution in [2.45, 2.75) is 50.1 Å². The molecule has 0 bridgehead atoms. The number of benzene rings is 1. The molecule has 8 nitrogen and oxygen atoms in total. The van der Waals surface area contributed by atoms with E-state index < -0.39 is 16.0 Å². The second-order valence-electron chi connectivity index (χ2n) is 6.63. The summed E-state index contributed by atoms with van der Waals surface area (Å²) in [6.07, 6.45) is 2.96. The smallest absolute Gasteiger partial charge is 0.338 e. The number of carbonyl (C=O) groups excluding carboxylic acids is 2. The van der Waals surface area contributed by atoms with Gasteiger partial charge in [-0.05, 0) is 57.4 Å². The minimum atomic E-state index is -3.79. The van der Waals surface area contributed by atoms with Gasteiger partial charge >= 0.3 is 5.97 Å². The number of hydrogen-bond donors (Lipinski definition) is 0. The Kier molecular flexibility index (Phi) is 6.96. The van der Waals surface area contributed by atoms with E-state index in [1.807, 2.05) is 13.8 Å². The van der Waals surface area contributed by atoms with E-state index in [4.69, 9.17) is 9.57 Å². The molecule has 0 unspecified atom stereocenters. The molecule has 9 heteroatoms. The van der Waals surface area contributed by atoms with Crippen molar-refractivity contribution in [1.82, 2.24) is 9.37 Å². The summed E-state index contributed by atoms with van der Waals surface area (Å²) in [5.74, 6) is -0.895. The first-order valence-electron chi connectivity index (χ1n) is 8.80. The van der Waals surface area contributed by atoms with Gasteiger partial charge in [0.05, 0.1) is 17.6 Å². The number of hydrogen-bond acceptors (Lipinski definition) is 6. The van der Waals surface area contributed by atoms with Crippen molar-refractivity contribution in [3.8, 4) is 0 Å². The van der Waals surface area contributed by atoms with Crippen LogP contribution in [0.1, 0.15) is 43.5 Å². The maximum absolute atomic E-state index is 12.4. The van der Waals surface area contributed by atoms with Crippen LogP contribution < -0.4 is 0 Å². The monoisotopic (exact) mass is 398 g/mol. The molecule has 2 rings (SSSR count). The lowest BCUT2D eigenvalue weighted by atomic mass is 9.97. The van der Waals surface area contributed by atoms with Gasteiger partial charge in [-0.2, -0.15) is 0 Å². The van der Waals surface area contributed by atoms with Gasteiger partial charge in [0, 0.05) is 19.1 Å². The quantitative estimate of drug-likeness (QED) is 0.536. The Morgan fingerprint density at radius 3 is 2.22 bits per heavy atom. The summed E-state index contributed by atoms with van der Waals surface area (Å²) in [7, 11) is -1.28. The summed E-state index contributed by atoms with van der Waals surface area (Å²) in [6.45, 7) is 3.65. The molecule has 0 aliphatic carbocycles. The number of amides is 1. The van der Waals surface area contributed by atoms with Crippen LogP contribution in [0.5, 0.6) is 0 Å². The summed E-state index contributed by atoms with van der Waals surface area (Å²) in [5, 5.41) is 0. The minimum absolute atomic E-state index is 0.0181. The zero-order valence-electron chi connectivity index (χ0n) is 16.0. The van der Waals surface area contributed by atoms with Crippen molar-refractivity contribution in [1.29, 1.82) is 0 Å². The average Bonchev–Trinajstić information content (AvgIpc) is 2.65. The largest absolute Gasteiger partial charge is 0.452 e. The van der Waals surface area contributed by atoms with Crippen LogP contribution in [-0.2, 0) is 24.4 Å². The number of rotatable bonds is 6. The normalized spacial score (nSPS) is 20.6. The average molecular weight is 398 g/mol. The number of carbonyl (C=O) groups is 2. The Balaban J connectivity index is 1.99. The van der Waals surface area contributed by atoms with Crippen LogP contribution in [0.4, 0.5) is 0 Å². The van der Waals surface area contributed by atoms with Crippen molar-refractivity contribution >= 4 is 21.9 Å². The molecule has 27 heavy (non-hydrogen) atoms. The van der Waals surface area contributed by atoms with E-state index in [-0.39, 0.29) is 35.1 Å². The van der Waals surface area contributed by atoms with E-state index in [1.165, 1.54) is 38.4 Å². The molecule has 150 valence electrons. The fraction of sp³-hybridized carbons (Fsp3) is 0.556. The third kappa shape index (κ3) is 4.85. The lowest BCUT2D eigenvalue weighted by Crippen LogP contribution is -2.49. The zero-order chi connectivity index (χ0) is 20.2. The molecule has 1 aliphatic heterocycles. The molecule has 2 atom stereocenters. The third-order valence-electron chi connectivity index (χ3n) is 4.79. The predicted molar refractivity (Wildman–Crippen MR) is 98.3 cm³/mol. The molecular formula is C18H26N2O6S. The molecule has 0 N–H and O–H groups in total. The van der Waals surface area contributed by atoms with Gasteiger partial charge < -0.3 is 9.64 Å². The fourth-order valence-electron chi connectivity index (χ4n) is 3.21. The topological polar surface area (TPSA) is 93.2 Å². The lowest BCUT2D eigenvalue weighted by Gasteiger charge is -2.38. The van der Waals surface area contributed by atoms with Crippen LogP contribution in [0.2, 0.25) is 0 Å². The van der Waals surface area contributed by atoms with Crippen LogP contribution in [0.25, 0.3) is 0 Å². The summed E-state index contributed by atoms with van der Waals surface area (Å²) in [4.78, 5) is 31.0. The molecule has 1 aliphatic rings. The summed E-state index contributed by atoms with van der Waals surface area (Å²) >= 11 is 0. The molecule has 0 radical (unpaired) electrons. The van der Waals surface area contributed by atoms with Gasteiger partial charge in [-0.3, -0.25) is 9.63 Å². The van der Waals surface area contributed by atoms with Gasteiger partial charge in [0.15, 0.2) is 6.61 Å². The highest BCUT2D eigenvalue weighted by Gasteiger charge is 2.29. The Bertz CT molecular complexity index is 768. The van der Waals surface area contributed by atoms with E-state index in [9.17, 15) is 18.0 Å². The molecular weight excluding hydrogens is 372 g/mol. The Morgan fingerprint density at radius 2 is 1.70 bits per heavy atom. The van der Waals surface area contributed by atoms with E-state index >= 15 is 0 Å². The lowest BCUT2D eigenvalue weighted by molar-refractivity contribution is -0.140. The molecule has 1 amide bonds. The number of esters is 1. The molecule has 0 saturated carbocycles. The Labute approximate surface area is 160 Å². The van der Waals surface area contributed by atoms with Gasteiger partial charge in [0.1, 0.15) is 0 Å². The molecule has 1 saturated heterocycles. The van der Waals surface area contributed by atoms with E-state index in [2.05, 4.69) is 0 Å². The Hall–Kier alpha value is -1.97. The first-order chi connectivity index (χ1) is 12.7. The van der Waals surface area contributed by atoms with Crippen molar-refractivity contribution in [3.05, 3.63) is 29.8 Å². The number of ether oxygens (including phenoxy) is 1. The molecule has 1 heterocycles. The van der Waals surface area contributed by atoms with Crippen molar-refractivity contribution in [3.63, 3.8) is 0 Å². The highest BCUT2D eigenvalue weighted by atomic mass is 32.2. The SMILES string of the molecule is CON(C)S(=O)(=O)c1ccc(C(=O)OCC(=O)N2[C@@H](C)CCC[C@@H]2C)cc1. The Morgan fingerprint density at radius 1 is 1.15 bits per heavy atom. The summed E-state index contributed by atoms with van der Waals surface area (Å²) in [6, 6.07) is 5.52. The molecule has 0 spiro atoms. The maximum atomic E-state index is 12.4. The molecule has 0 aromatic heterocycles. The number of nitrogens with zero attached hydrogens (tertiary/aromatic N) is 2. The van der Waals surface area contributed by atoms with Crippen molar-refractivity contribution in [2.24, 2.45) is 0 Å². The predicted octanol–water partition coefficient (Wildman–Crippen LogP) is 1.81.